The van der Waals surface area contributed by atoms with Crippen LogP contribution < -0.4 is 18.9 Å². The van der Waals surface area contributed by atoms with E-state index in [1.165, 1.54) is 28.4 Å². The predicted octanol–water partition coefficient (Wildman–Crippen LogP) is 2.23. The second-order valence-electron chi connectivity index (χ2n) is 3.84. The van der Waals surface area contributed by atoms with Crippen molar-refractivity contribution < 1.29 is 18.9 Å². The van der Waals surface area contributed by atoms with E-state index >= 15 is 0 Å². The summed E-state index contributed by atoms with van der Waals surface area (Å²) >= 11 is 6.31. The molecular weight excluding hydrogens is 298 g/mol. The number of rotatable bonds is 5. The average Bonchev–Trinajstić information content (AvgIpc) is 2.53. The number of pyridine rings is 1. The molecule has 0 radical (unpaired) electrons. The van der Waals surface area contributed by atoms with Gasteiger partial charge in [-0.25, -0.2) is 0 Å². The Balaban J connectivity index is 2.70. The summed E-state index contributed by atoms with van der Waals surface area (Å²) in [6, 6.07) is 3.22. The summed E-state index contributed by atoms with van der Waals surface area (Å²) in [7, 11) is 5.96. The number of methoxy groups -OCH3 is 4. The monoisotopic (exact) mass is 311 g/mol. The second-order valence-corrected chi connectivity index (χ2v) is 4.25. The SMILES string of the molecule is COc1cc(-c2c(Cl)cc(OC)nc2OC)c(OC)nn1. The molecule has 0 unspecified atom stereocenters. The van der Waals surface area contributed by atoms with Crippen LogP contribution >= 0.6 is 11.6 Å². The van der Waals surface area contributed by atoms with Crippen molar-refractivity contribution >= 4 is 11.6 Å². The summed E-state index contributed by atoms with van der Waals surface area (Å²) in [6.45, 7) is 0. The van der Waals surface area contributed by atoms with Crippen molar-refractivity contribution in [2.75, 3.05) is 28.4 Å². The van der Waals surface area contributed by atoms with E-state index < -0.39 is 0 Å². The van der Waals surface area contributed by atoms with E-state index in [1.807, 2.05) is 0 Å². The maximum atomic E-state index is 6.31. The third-order valence-electron chi connectivity index (χ3n) is 2.73. The largest absolute Gasteiger partial charge is 0.481 e. The molecule has 2 heterocycles. The highest BCUT2D eigenvalue weighted by molar-refractivity contribution is 6.33. The molecule has 8 heteroatoms. The van der Waals surface area contributed by atoms with Gasteiger partial charge in [-0.05, 0) is 0 Å². The van der Waals surface area contributed by atoms with Crippen LogP contribution in [0.25, 0.3) is 11.1 Å². The van der Waals surface area contributed by atoms with Crippen molar-refractivity contribution in [2.24, 2.45) is 0 Å². The fraction of sp³-hybridized carbons (Fsp3) is 0.308. The van der Waals surface area contributed by atoms with Gasteiger partial charge in [-0.3, -0.25) is 0 Å². The molecule has 0 aliphatic carbocycles. The first kappa shape index (κ1) is 15.1. The van der Waals surface area contributed by atoms with Crippen molar-refractivity contribution in [3.05, 3.63) is 17.2 Å². The summed E-state index contributed by atoms with van der Waals surface area (Å²) in [5, 5.41) is 8.16. The van der Waals surface area contributed by atoms with Gasteiger partial charge in [-0.1, -0.05) is 11.6 Å². The maximum absolute atomic E-state index is 6.31. The number of aromatic nitrogens is 3. The summed E-state index contributed by atoms with van der Waals surface area (Å²) in [5.74, 6) is 1.23. The minimum absolute atomic E-state index is 0.281. The van der Waals surface area contributed by atoms with Crippen LogP contribution in [0, 0.1) is 0 Å². The fourth-order valence-corrected chi connectivity index (χ4v) is 2.04. The lowest BCUT2D eigenvalue weighted by atomic mass is 10.1. The van der Waals surface area contributed by atoms with Crippen LogP contribution in [0.15, 0.2) is 12.1 Å². The Morgan fingerprint density at radius 2 is 1.48 bits per heavy atom. The van der Waals surface area contributed by atoms with Crippen LogP contribution in [0.2, 0.25) is 5.02 Å². The van der Waals surface area contributed by atoms with Gasteiger partial charge in [0.25, 0.3) is 0 Å². The van der Waals surface area contributed by atoms with Crippen LogP contribution in [0.3, 0.4) is 0 Å². The summed E-state index contributed by atoms with van der Waals surface area (Å²) in [4.78, 5) is 4.20. The second kappa shape index (κ2) is 6.45. The van der Waals surface area contributed by atoms with Crippen molar-refractivity contribution in [3.8, 4) is 34.6 Å². The molecule has 0 aliphatic rings. The van der Waals surface area contributed by atoms with Gasteiger partial charge in [0.1, 0.15) is 0 Å². The molecule has 0 bridgehead atoms. The van der Waals surface area contributed by atoms with Gasteiger partial charge in [-0.2, -0.15) is 4.98 Å². The highest BCUT2D eigenvalue weighted by Crippen LogP contribution is 2.41. The van der Waals surface area contributed by atoms with Crippen molar-refractivity contribution in [1.29, 1.82) is 0 Å². The van der Waals surface area contributed by atoms with E-state index in [0.29, 0.717) is 27.9 Å². The van der Waals surface area contributed by atoms with Crippen molar-refractivity contribution in [3.63, 3.8) is 0 Å². The highest BCUT2D eigenvalue weighted by Gasteiger charge is 2.20. The minimum Gasteiger partial charge on any atom is -0.481 e. The molecule has 0 aliphatic heterocycles. The molecule has 0 saturated carbocycles. The number of hydrogen-bond donors (Lipinski definition) is 0. The number of ether oxygens (including phenoxy) is 4. The Morgan fingerprint density at radius 1 is 0.810 bits per heavy atom. The topological polar surface area (TPSA) is 75.6 Å². The van der Waals surface area contributed by atoms with Gasteiger partial charge >= 0.3 is 0 Å². The quantitative estimate of drug-likeness (QED) is 0.838. The summed E-state index contributed by atoms with van der Waals surface area (Å²) in [5.41, 5.74) is 1.08. The molecule has 2 rings (SSSR count). The third kappa shape index (κ3) is 2.92. The fourth-order valence-electron chi connectivity index (χ4n) is 1.76. The van der Waals surface area contributed by atoms with Crippen molar-refractivity contribution in [2.45, 2.75) is 0 Å². The zero-order valence-electron chi connectivity index (χ0n) is 12.0. The molecule has 0 saturated heterocycles. The van der Waals surface area contributed by atoms with E-state index in [9.17, 15) is 0 Å². The molecule has 0 amide bonds. The molecule has 2 aromatic heterocycles. The average molecular weight is 312 g/mol. The Kier molecular flexibility index (Phi) is 4.64. The van der Waals surface area contributed by atoms with E-state index in [2.05, 4.69) is 15.2 Å². The highest BCUT2D eigenvalue weighted by atomic mass is 35.5. The Labute approximate surface area is 126 Å². The molecule has 112 valence electrons. The molecule has 7 nitrogen and oxygen atoms in total. The Morgan fingerprint density at radius 3 is 2.05 bits per heavy atom. The van der Waals surface area contributed by atoms with E-state index in [0.717, 1.165) is 0 Å². The molecule has 2 aromatic rings. The van der Waals surface area contributed by atoms with E-state index in [4.69, 9.17) is 30.5 Å². The van der Waals surface area contributed by atoms with Crippen LogP contribution in [0.5, 0.6) is 23.5 Å². The van der Waals surface area contributed by atoms with Crippen LogP contribution in [-0.2, 0) is 0 Å². The maximum Gasteiger partial charge on any atom is 0.241 e. The Bertz CT molecular complexity index is 652. The zero-order valence-corrected chi connectivity index (χ0v) is 12.8. The van der Waals surface area contributed by atoms with E-state index in [1.54, 1.807) is 12.1 Å². The number of halogens is 1. The lowest BCUT2D eigenvalue weighted by molar-refractivity contribution is 0.362. The first-order valence-corrected chi connectivity index (χ1v) is 6.27. The lowest BCUT2D eigenvalue weighted by Crippen LogP contribution is -2.01. The summed E-state index contributed by atoms with van der Waals surface area (Å²) in [6.07, 6.45) is 0. The number of nitrogens with zero attached hydrogens (tertiary/aromatic N) is 3. The standard InChI is InChI=1S/C13H14ClN3O4/c1-18-9-6-8(14)11(13(15-9)21-4)7-5-10(19-2)16-17-12(7)20-3/h5-6H,1-4H3. The molecule has 0 N–H and O–H groups in total. The van der Waals surface area contributed by atoms with Crippen molar-refractivity contribution in [1.82, 2.24) is 15.2 Å². The lowest BCUT2D eigenvalue weighted by Gasteiger charge is -2.13. The van der Waals surface area contributed by atoms with Gasteiger partial charge in [0.2, 0.25) is 23.5 Å². The minimum atomic E-state index is 0.281. The first-order chi connectivity index (χ1) is 10.1. The smallest absolute Gasteiger partial charge is 0.241 e. The van der Waals surface area contributed by atoms with Gasteiger partial charge < -0.3 is 18.9 Å². The first-order valence-electron chi connectivity index (χ1n) is 5.89. The summed E-state index contributed by atoms with van der Waals surface area (Å²) < 4.78 is 20.6. The normalized spacial score (nSPS) is 10.1. The predicted molar refractivity (Wildman–Crippen MR) is 76.5 cm³/mol. The van der Waals surface area contributed by atoms with Crippen LogP contribution in [0.1, 0.15) is 0 Å². The third-order valence-corrected chi connectivity index (χ3v) is 3.02. The molecule has 21 heavy (non-hydrogen) atoms. The molecule has 0 aromatic carbocycles. The van der Waals surface area contributed by atoms with Gasteiger partial charge in [0.15, 0.2) is 0 Å². The van der Waals surface area contributed by atoms with Gasteiger partial charge in [-0.15, -0.1) is 10.2 Å². The molecular formula is C13H14ClN3O4. The molecule has 0 atom stereocenters. The molecule has 0 spiro atoms. The van der Waals surface area contributed by atoms with Crippen LogP contribution in [-0.4, -0.2) is 43.6 Å². The van der Waals surface area contributed by atoms with Crippen LogP contribution in [0.4, 0.5) is 0 Å². The van der Waals surface area contributed by atoms with E-state index in [-0.39, 0.29) is 11.8 Å². The number of hydrogen-bond acceptors (Lipinski definition) is 7. The zero-order chi connectivity index (χ0) is 15.4. The van der Waals surface area contributed by atoms with Gasteiger partial charge in [0, 0.05) is 12.1 Å². The Hall–Kier alpha value is -2.28. The van der Waals surface area contributed by atoms with Gasteiger partial charge in [0.05, 0.1) is 44.6 Å². The molecule has 0 fully saturated rings.